The van der Waals surface area contributed by atoms with Gasteiger partial charge < -0.3 is 16.3 Å². The molecule has 4 N–H and O–H groups in total. The average Bonchev–Trinajstić information content (AvgIpc) is 2.46. The van der Waals surface area contributed by atoms with Crippen LogP contribution in [0, 0.1) is 9.39 Å². The first-order valence-corrected chi connectivity index (χ1v) is 6.94. The third kappa shape index (κ3) is 3.60. The highest BCUT2D eigenvalue weighted by Crippen LogP contribution is 2.15. The van der Waals surface area contributed by atoms with Gasteiger partial charge in [0.15, 0.2) is 5.84 Å². The number of benzene rings is 2. The van der Waals surface area contributed by atoms with Crippen LogP contribution in [0.5, 0.6) is 0 Å². The zero-order valence-corrected chi connectivity index (χ0v) is 12.6. The van der Waals surface area contributed by atoms with Crippen LogP contribution in [-0.4, -0.2) is 11.0 Å². The molecular weight excluding hydrogens is 372 g/mol. The first-order valence-electron chi connectivity index (χ1n) is 5.86. The van der Waals surface area contributed by atoms with Gasteiger partial charge in [-0.15, -0.1) is 0 Å². The minimum absolute atomic E-state index is 0.107. The molecule has 4 nitrogen and oxygen atoms in total. The van der Waals surface area contributed by atoms with Crippen molar-refractivity contribution in [1.82, 2.24) is 0 Å². The zero-order valence-electron chi connectivity index (χ0n) is 10.5. The SMILES string of the molecule is NC(=NO)c1cc(F)ccc1CNc1ccc(I)cc1. The van der Waals surface area contributed by atoms with E-state index in [-0.39, 0.29) is 5.84 Å². The fourth-order valence-corrected chi connectivity index (χ4v) is 2.12. The standard InChI is InChI=1S/C14H13FIN3O/c15-10-2-1-9(13(7-10)14(17)19-20)8-18-12-5-3-11(16)4-6-12/h1-7,18,20H,8H2,(H2,17,19). The molecule has 0 spiro atoms. The second kappa shape index (κ2) is 6.56. The number of amidine groups is 1. The lowest BCUT2D eigenvalue weighted by atomic mass is 10.1. The Kier molecular flexibility index (Phi) is 4.78. The number of nitrogens with one attached hydrogen (secondary N) is 1. The van der Waals surface area contributed by atoms with E-state index in [4.69, 9.17) is 10.9 Å². The predicted molar refractivity (Wildman–Crippen MR) is 85.4 cm³/mol. The van der Waals surface area contributed by atoms with Crippen molar-refractivity contribution in [2.45, 2.75) is 6.54 Å². The molecule has 2 rings (SSSR count). The average molecular weight is 385 g/mol. The lowest BCUT2D eigenvalue weighted by Gasteiger charge is -2.11. The smallest absolute Gasteiger partial charge is 0.170 e. The van der Waals surface area contributed by atoms with Crippen LogP contribution in [0.15, 0.2) is 47.6 Å². The number of oxime groups is 1. The number of anilines is 1. The number of hydrogen-bond acceptors (Lipinski definition) is 3. The van der Waals surface area contributed by atoms with E-state index in [0.29, 0.717) is 12.1 Å². The monoisotopic (exact) mass is 385 g/mol. The van der Waals surface area contributed by atoms with Gasteiger partial charge in [-0.05, 0) is 64.6 Å². The summed E-state index contributed by atoms with van der Waals surface area (Å²) in [4.78, 5) is 0. The van der Waals surface area contributed by atoms with Gasteiger partial charge in [0.2, 0.25) is 0 Å². The third-order valence-electron chi connectivity index (χ3n) is 2.78. The highest BCUT2D eigenvalue weighted by molar-refractivity contribution is 14.1. The summed E-state index contributed by atoms with van der Waals surface area (Å²) in [7, 11) is 0. The maximum atomic E-state index is 13.2. The van der Waals surface area contributed by atoms with E-state index in [0.717, 1.165) is 14.8 Å². The largest absolute Gasteiger partial charge is 0.409 e. The highest BCUT2D eigenvalue weighted by Gasteiger charge is 2.08. The summed E-state index contributed by atoms with van der Waals surface area (Å²) in [6.07, 6.45) is 0. The fraction of sp³-hybridized carbons (Fsp3) is 0.0714. The van der Waals surface area contributed by atoms with Gasteiger partial charge in [-0.1, -0.05) is 11.2 Å². The summed E-state index contributed by atoms with van der Waals surface area (Å²) in [6, 6.07) is 12.1. The summed E-state index contributed by atoms with van der Waals surface area (Å²) >= 11 is 2.23. The van der Waals surface area contributed by atoms with Gasteiger partial charge >= 0.3 is 0 Å². The van der Waals surface area contributed by atoms with Crippen LogP contribution >= 0.6 is 22.6 Å². The molecule has 2 aromatic rings. The Labute approximate surface area is 129 Å². The van der Waals surface area contributed by atoms with Gasteiger partial charge in [0, 0.05) is 21.4 Å². The van der Waals surface area contributed by atoms with Crippen molar-refractivity contribution in [1.29, 1.82) is 0 Å². The van der Waals surface area contributed by atoms with E-state index in [1.54, 1.807) is 6.07 Å². The molecule has 0 unspecified atom stereocenters. The summed E-state index contributed by atoms with van der Waals surface area (Å²) in [5.41, 5.74) is 7.63. The molecule has 0 bridgehead atoms. The molecule has 0 aromatic heterocycles. The van der Waals surface area contributed by atoms with Crippen LogP contribution in [0.2, 0.25) is 0 Å². The number of hydrogen-bond donors (Lipinski definition) is 3. The molecular formula is C14H13FIN3O. The maximum Gasteiger partial charge on any atom is 0.170 e. The first kappa shape index (κ1) is 14.6. The summed E-state index contributed by atoms with van der Waals surface area (Å²) in [5, 5.41) is 14.9. The highest BCUT2D eigenvalue weighted by atomic mass is 127. The normalized spacial score (nSPS) is 11.4. The number of rotatable bonds is 4. The van der Waals surface area contributed by atoms with Crippen molar-refractivity contribution >= 4 is 34.1 Å². The molecule has 0 atom stereocenters. The Bertz CT molecular complexity index is 629. The van der Waals surface area contributed by atoms with Crippen molar-refractivity contribution in [2.24, 2.45) is 10.9 Å². The van der Waals surface area contributed by atoms with Crippen LogP contribution in [0.3, 0.4) is 0 Å². The van der Waals surface area contributed by atoms with Crippen molar-refractivity contribution in [2.75, 3.05) is 5.32 Å². The van der Waals surface area contributed by atoms with Crippen molar-refractivity contribution in [3.63, 3.8) is 0 Å². The molecule has 0 amide bonds. The molecule has 20 heavy (non-hydrogen) atoms. The van der Waals surface area contributed by atoms with E-state index >= 15 is 0 Å². The third-order valence-corrected chi connectivity index (χ3v) is 3.50. The Hall–Kier alpha value is -1.83. The summed E-state index contributed by atoms with van der Waals surface area (Å²) in [6.45, 7) is 0.451. The van der Waals surface area contributed by atoms with Crippen LogP contribution in [0.25, 0.3) is 0 Å². The number of halogens is 2. The minimum Gasteiger partial charge on any atom is -0.409 e. The van der Waals surface area contributed by atoms with Gasteiger partial charge in [-0.2, -0.15) is 0 Å². The lowest BCUT2D eigenvalue weighted by molar-refractivity contribution is 0.318. The topological polar surface area (TPSA) is 70.6 Å². The first-order chi connectivity index (χ1) is 9.60. The Balaban J connectivity index is 2.19. The molecule has 0 heterocycles. The van der Waals surface area contributed by atoms with E-state index in [2.05, 4.69) is 33.1 Å². The zero-order chi connectivity index (χ0) is 14.5. The molecule has 0 saturated heterocycles. The quantitative estimate of drug-likeness (QED) is 0.249. The second-order valence-electron chi connectivity index (χ2n) is 4.15. The molecule has 0 aliphatic rings. The van der Waals surface area contributed by atoms with Gasteiger partial charge in [-0.3, -0.25) is 0 Å². The van der Waals surface area contributed by atoms with E-state index in [9.17, 15) is 4.39 Å². The van der Waals surface area contributed by atoms with Gasteiger partial charge in [-0.25, -0.2) is 4.39 Å². The molecule has 0 fully saturated rings. The lowest BCUT2D eigenvalue weighted by Crippen LogP contribution is -2.17. The van der Waals surface area contributed by atoms with Crippen molar-refractivity contribution < 1.29 is 9.60 Å². The van der Waals surface area contributed by atoms with E-state index in [1.165, 1.54) is 12.1 Å². The second-order valence-corrected chi connectivity index (χ2v) is 5.39. The van der Waals surface area contributed by atoms with Gasteiger partial charge in [0.1, 0.15) is 5.82 Å². The van der Waals surface area contributed by atoms with Crippen molar-refractivity contribution in [3.05, 3.63) is 63.0 Å². The minimum atomic E-state index is -0.426. The van der Waals surface area contributed by atoms with E-state index in [1.807, 2.05) is 24.3 Å². The predicted octanol–water partition coefficient (Wildman–Crippen LogP) is 3.14. The Morgan fingerprint density at radius 3 is 2.60 bits per heavy atom. The molecule has 0 saturated carbocycles. The maximum absolute atomic E-state index is 13.2. The van der Waals surface area contributed by atoms with Crippen LogP contribution in [0.4, 0.5) is 10.1 Å². The summed E-state index contributed by atoms with van der Waals surface area (Å²) in [5.74, 6) is -0.534. The molecule has 0 radical (unpaired) electrons. The van der Waals surface area contributed by atoms with Gasteiger partial charge in [0.05, 0.1) is 0 Å². The molecule has 0 aliphatic carbocycles. The number of nitrogens with two attached hydrogens (primary N) is 1. The fourth-order valence-electron chi connectivity index (χ4n) is 1.76. The van der Waals surface area contributed by atoms with Crippen LogP contribution in [0.1, 0.15) is 11.1 Å². The van der Waals surface area contributed by atoms with E-state index < -0.39 is 5.82 Å². The van der Waals surface area contributed by atoms with Crippen LogP contribution in [-0.2, 0) is 6.54 Å². The van der Waals surface area contributed by atoms with Crippen LogP contribution < -0.4 is 11.1 Å². The molecule has 2 aromatic carbocycles. The van der Waals surface area contributed by atoms with Gasteiger partial charge in [0.25, 0.3) is 0 Å². The molecule has 104 valence electrons. The molecule has 6 heteroatoms. The Morgan fingerprint density at radius 2 is 1.95 bits per heavy atom. The molecule has 0 aliphatic heterocycles. The Morgan fingerprint density at radius 1 is 1.25 bits per heavy atom. The summed E-state index contributed by atoms with van der Waals surface area (Å²) < 4.78 is 14.4. The van der Waals surface area contributed by atoms with Crippen molar-refractivity contribution in [3.8, 4) is 0 Å². The number of nitrogens with zero attached hydrogens (tertiary/aromatic N) is 1.